The van der Waals surface area contributed by atoms with Crippen molar-refractivity contribution in [2.24, 2.45) is 0 Å². The molecule has 4 atom stereocenters. The van der Waals surface area contributed by atoms with E-state index in [0.717, 1.165) is 0 Å². The molecule has 1 saturated heterocycles. The molecule has 22 heavy (non-hydrogen) atoms. The predicted molar refractivity (Wildman–Crippen MR) is 73.3 cm³/mol. The zero-order valence-electron chi connectivity index (χ0n) is 11.2. The SMILES string of the molecule is O=[N+]([O-])c1ccc2[nH]cc(O[C@@H]3O[C@H](CO)[C@@H](O)[C@H]3O)c2c1. The molecule has 118 valence electrons. The van der Waals surface area contributed by atoms with Crippen LogP contribution in [-0.4, -0.2) is 56.4 Å². The lowest BCUT2D eigenvalue weighted by Crippen LogP contribution is -2.35. The van der Waals surface area contributed by atoms with Crippen molar-refractivity contribution in [2.45, 2.75) is 24.6 Å². The second-order valence-corrected chi connectivity index (χ2v) is 4.96. The molecule has 0 amide bonds. The van der Waals surface area contributed by atoms with Crippen LogP contribution >= 0.6 is 0 Å². The highest BCUT2D eigenvalue weighted by Gasteiger charge is 2.44. The van der Waals surface area contributed by atoms with Gasteiger partial charge in [0.1, 0.15) is 24.1 Å². The summed E-state index contributed by atoms with van der Waals surface area (Å²) in [5, 5.41) is 39.8. The number of ether oxygens (including phenoxy) is 2. The number of non-ortho nitro benzene ring substituents is 1. The first kappa shape index (κ1) is 14.7. The van der Waals surface area contributed by atoms with E-state index in [0.29, 0.717) is 10.9 Å². The average molecular weight is 310 g/mol. The molecule has 0 aliphatic carbocycles. The Morgan fingerprint density at radius 3 is 2.77 bits per heavy atom. The third kappa shape index (κ3) is 2.40. The third-order valence-electron chi connectivity index (χ3n) is 3.58. The summed E-state index contributed by atoms with van der Waals surface area (Å²) >= 11 is 0. The summed E-state index contributed by atoms with van der Waals surface area (Å²) in [5.74, 6) is 0.244. The summed E-state index contributed by atoms with van der Waals surface area (Å²) in [5.41, 5.74) is 0.519. The molecular weight excluding hydrogens is 296 g/mol. The van der Waals surface area contributed by atoms with Crippen LogP contribution in [0.4, 0.5) is 5.69 Å². The Morgan fingerprint density at radius 2 is 2.14 bits per heavy atom. The molecule has 3 rings (SSSR count). The first-order valence-electron chi connectivity index (χ1n) is 6.56. The molecule has 1 aromatic carbocycles. The first-order chi connectivity index (χ1) is 10.5. The Bertz CT molecular complexity index is 701. The molecule has 0 saturated carbocycles. The largest absolute Gasteiger partial charge is 0.460 e. The minimum atomic E-state index is -1.33. The van der Waals surface area contributed by atoms with E-state index in [-0.39, 0.29) is 11.4 Å². The maximum Gasteiger partial charge on any atom is 0.270 e. The molecule has 2 aromatic rings. The van der Waals surface area contributed by atoms with Crippen molar-refractivity contribution in [3.63, 3.8) is 0 Å². The van der Waals surface area contributed by atoms with Crippen LogP contribution in [0.5, 0.6) is 5.75 Å². The number of aliphatic hydroxyl groups is 3. The van der Waals surface area contributed by atoms with E-state index in [1.807, 2.05) is 0 Å². The lowest BCUT2D eigenvalue weighted by atomic mass is 10.1. The zero-order valence-corrected chi connectivity index (χ0v) is 11.2. The highest BCUT2D eigenvalue weighted by Crippen LogP contribution is 2.32. The van der Waals surface area contributed by atoms with Crippen molar-refractivity contribution in [2.75, 3.05) is 6.61 Å². The molecule has 1 fully saturated rings. The lowest BCUT2D eigenvalue weighted by Gasteiger charge is -2.16. The number of nitrogens with zero attached hydrogens (tertiary/aromatic N) is 1. The van der Waals surface area contributed by atoms with E-state index in [4.69, 9.17) is 14.6 Å². The Hall–Kier alpha value is -2.20. The molecule has 0 bridgehead atoms. The van der Waals surface area contributed by atoms with Gasteiger partial charge in [-0.25, -0.2) is 0 Å². The number of hydrogen-bond donors (Lipinski definition) is 4. The minimum absolute atomic E-state index is 0.0990. The van der Waals surface area contributed by atoms with Crippen molar-refractivity contribution >= 4 is 16.6 Å². The van der Waals surface area contributed by atoms with Crippen LogP contribution in [-0.2, 0) is 4.74 Å². The first-order valence-corrected chi connectivity index (χ1v) is 6.56. The summed E-state index contributed by atoms with van der Waals surface area (Å²) < 4.78 is 10.7. The molecule has 9 nitrogen and oxygen atoms in total. The number of aliphatic hydroxyl groups excluding tert-OH is 3. The van der Waals surface area contributed by atoms with Gasteiger partial charge in [-0.3, -0.25) is 10.1 Å². The Balaban J connectivity index is 1.88. The molecule has 1 aliphatic heterocycles. The summed E-state index contributed by atoms with van der Waals surface area (Å²) in [7, 11) is 0. The van der Waals surface area contributed by atoms with Crippen LogP contribution < -0.4 is 4.74 Å². The van der Waals surface area contributed by atoms with Crippen molar-refractivity contribution < 1.29 is 29.7 Å². The van der Waals surface area contributed by atoms with Gasteiger partial charge in [0, 0.05) is 29.2 Å². The fraction of sp³-hybridized carbons (Fsp3) is 0.385. The van der Waals surface area contributed by atoms with Gasteiger partial charge in [-0.15, -0.1) is 0 Å². The number of benzene rings is 1. The van der Waals surface area contributed by atoms with Gasteiger partial charge >= 0.3 is 0 Å². The van der Waals surface area contributed by atoms with E-state index >= 15 is 0 Å². The number of nitro groups is 1. The fourth-order valence-electron chi connectivity index (χ4n) is 2.38. The normalized spacial score (nSPS) is 28.1. The highest BCUT2D eigenvalue weighted by atomic mass is 16.7. The summed E-state index contributed by atoms with van der Waals surface area (Å²) in [6.45, 7) is -0.461. The van der Waals surface area contributed by atoms with Crippen LogP contribution in [0.25, 0.3) is 10.9 Å². The van der Waals surface area contributed by atoms with E-state index < -0.39 is 36.1 Å². The quantitative estimate of drug-likeness (QED) is 0.456. The summed E-state index contributed by atoms with van der Waals surface area (Å²) in [6.07, 6.45) is -3.25. The molecule has 0 radical (unpaired) electrons. The van der Waals surface area contributed by atoms with Gasteiger partial charge in [-0.1, -0.05) is 0 Å². The van der Waals surface area contributed by atoms with Gasteiger partial charge < -0.3 is 29.8 Å². The van der Waals surface area contributed by atoms with E-state index in [1.54, 1.807) is 0 Å². The fourth-order valence-corrected chi connectivity index (χ4v) is 2.38. The van der Waals surface area contributed by atoms with Crippen LogP contribution in [0.15, 0.2) is 24.4 Å². The molecule has 1 aromatic heterocycles. The number of aromatic nitrogens is 1. The third-order valence-corrected chi connectivity index (χ3v) is 3.58. The van der Waals surface area contributed by atoms with Crippen molar-refractivity contribution in [1.82, 2.24) is 4.98 Å². The van der Waals surface area contributed by atoms with Gasteiger partial charge in [-0.05, 0) is 6.07 Å². The van der Waals surface area contributed by atoms with E-state index in [2.05, 4.69) is 4.98 Å². The Kier molecular flexibility index (Phi) is 3.71. The van der Waals surface area contributed by atoms with Crippen LogP contribution in [0.3, 0.4) is 0 Å². The van der Waals surface area contributed by atoms with Crippen molar-refractivity contribution in [3.05, 3.63) is 34.5 Å². The highest BCUT2D eigenvalue weighted by molar-refractivity contribution is 5.88. The maximum absolute atomic E-state index is 10.8. The van der Waals surface area contributed by atoms with Gasteiger partial charge in [0.05, 0.1) is 11.5 Å². The van der Waals surface area contributed by atoms with Crippen molar-refractivity contribution in [1.29, 1.82) is 0 Å². The maximum atomic E-state index is 10.8. The molecule has 0 unspecified atom stereocenters. The van der Waals surface area contributed by atoms with Crippen LogP contribution in [0, 0.1) is 10.1 Å². The topological polar surface area (TPSA) is 138 Å². The second-order valence-electron chi connectivity index (χ2n) is 4.96. The number of aromatic amines is 1. The molecule has 2 heterocycles. The number of fused-ring (bicyclic) bond motifs is 1. The Labute approximate surface area is 123 Å². The number of rotatable bonds is 4. The summed E-state index contributed by atoms with van der Waals surface area (Å²) in [4.78, 5) is 13.2. The number of hydrogen-bond acceptors (Lipinski definition) is 7. The van der Waals surface area contributed by atoms with Gasteiger partial charge in [-0.2, -0.15) is 0 Å². The van der Waals surface area contributed by atoms with Crippen molar-refractivity contribution in [3.8, 4) is 5.75 Å². The lowest BCUT2D eigenvalue weighted by molar-refractivity contribution is -0.384. The Morgan fingerprint density at radius 1 is 1.36 bits per heavy atom. The predicted octanol–water partition coefficient (Wildman–Crippen LogP) is -0.106. The standard InChI is InChI=1S/C13H14N2O7/c16-5-10-11(17)12(18)13(22-10)21-9-4-14-8-2-1-6(15(19)20)3-7(8)9/h1-4,10-14,16-18H,5H2/t10-,11-,12-,13-/m1/s1. The van der Waals surface area contributed by atoms with Crippen LogP contribution in [0.2, 0.25) is 0 Å². The number of nitro benzene ring substituents is 1. The van der Waals surface area contributed by atoms with Gasteiger partial charge in [0.2, 0.25) is 6.29 Å². The number of nitrogens with one attached hydrogen (secondary N) is 1. The molecule has 1 aliphatic rings. The molecule has 4 N–H and O–H groups in total. The average Bonchev–Trinajstić information content (AvgIpc) is 3.03. The van der Waals surface area contributed by atoms with Gasteiger partial charge in [0.25, 0.3) is 5.69 Å². The molecular formula is C13H14N2O7. The summed E-state index contributed by atoms with van der Waals surface area (Å²) in [6, 6.07) is 4.23. The monoisotopic (exact) mass is 310 g/mol. The smallest absolute Gasteiger partial charge is 0.270 e. The minimum Gasteiger partial charge on any atom is -0.460 e. The second kappa shape index (κ2) is 5.54. The van der Waals surface area contributed by atoms with Crippen LogP contribution in [0.1, 0.15) is 0 Å². The van der Waals surface area contributed by atoms with Gasteiger partial charge in [0.15, 0.2) is 0 Å². The molecule has 0 spiro atoms. The zero-order chi connectivity index (χ0) is 15.9. The molecule has 9 heteroatoms. The number of H-pyrrole nitrogens is 1. The van der Waals surface area contributed by atoms with E-state index in [1.165, 1.54) is 24.4 Å². The van der Waals surface area contributed by atoms with E-state index in [9.17, 15) is 20.3 Å².